The third-order valence-corrected chi connectivity index (χ3v) is 5.14. The third-order valence-electron chi connectivity index (χ3n) is 5.14. The maximum Gasteiger partial charge on any atom is 0.261 e. The number of benzene rings is 1. The molecule has 0 spiro atoms. The fraction of sp³-hybridized carbons (Fsp3) is 0.381. The van der Waals surface area contributed by atoms with E-state index >= 15 is 0 Å². The Balaban J connectivity index is 1.34. The van der Waals surface area contributed by atoms with E-state index in [0.717, 1.165) is 6.42 Å². The van der Waals surface area contributed by atoms with Crippen molar-refractivity contribution in [2.24, 2.45) is 0 Å². The van der Waals surface area contributed by atoms with Crippen LogP contribution in [0.4, 0.5) is 5.82 Å². The zero-order valence-electron chi connectivity index (χ0n) is 17.1. The van der Waals surface area contributed by atoms with Gasteiger partial charge in [-0.3, -0.25) is 19.1 Å². The molecule has 2 aromatic heterocycles. The molecule has 1 unspecified atom stereocenters. The molecule has 156 valence electrons. The molecule has 1 aromatic carbocycles. The summed E-state index contributed by atoms with van der Waals surface area (Å²) < 4.78 is 7.41. The molecule has 1 aliphatic rings. The minimum Gasteiger partial charge on any atom is -0.471 e. The van der Waals surface area contributed by atoms with Gasteiger partial charge < -0.3 is 14.5 Å². The second kappa shape index (κ2) is 8.48. The van der Waals surface area contributed by atoms with Gasteiger partial charge in [0, 0.05) is 40.0 Å². The van der Waals surface area contributed by atoms with E-state index in [1.807, 2.05) is 31.1 Å². The zero-order valence-corrected chi connectivity index (χ0v) is 17.1. The number of hydrogen-bond acceptors (Lipinski definition) is 7. The summed E-state index contributed by atoms with van der Waals surface area (Å²) in [6.07, 6.45) is 5.60. The first-order valence-corrected chi connectivity index (χ1v) is 9.89. The summed E-state index contributed by atoms with van der Waals surface area (Å²) in [6, 6.07) is 7.20. The monoisotopic (exact) mass is 408 g/mol. The van der Waals surface area contributed by atoms with Crippen LogP contribution in [0.3, 0.4) is 0 Å². The average molecular weight is 408 g/mol. The fourth-order valence-electron chi connectivity index (χ4n) is 3.47. The zero-order chi connectivity index (χ0) is 21.1. The first-order chi connectivity index (χ1) is 14.5. The Labute approximate surface area is 173 Å². The number of likely N-dealkylation sites (tertiary alicyclic amines) is 1. The van der Waals surface area contributed by atoms with Gasteiger partial charge in [0.15, 0.2) is 5.82 Å². The van der Waals surface area contributed by atoms with Crippen molar-refractivity contribution in [3.63, 3.8) is 0 Å². The quantitative estimate of drug-likeness (QED) is 0.607. The van der Waals surface area contributed by atoms with E-state index in [4.69, 9.17) is 4.74 Å². The summed E-state index contributed by atoms with van der Waals surface area (Å²) in [6.45, 7) is 1.42. The number of rotatable bonds is 6. The van der Waals surface area contributed by atoms with Crippen molar-refractivity contribution in [2.45, 2.75) is 25.5 Å². The number of hydrogen-bond donors (Lipinski definition) is 0. The lowest BCUT2D eigenvalue weighted by Gasteiger charge is -2.18. The van der Waals surface area contributed by atoms with Crippen LogP contribution in [0.1, 0.15) is 12.8 Å². The first kappa shape index (κ1) is 19.8. The van der Waals surface area contributed by atoms with Gasteiger partial charge in [0.2, 0.25) is 11.8 Å². The summed E-state index contributed by atoms with van der Waals surface area (Å²) >= 11 is 0. The highest BCUT2D eigenvalue weighted by Crippen LogP contribution is 2.18. The van der Waals surface area contributed by atoms with Crippen LogP contribution in [0.5, 0.6) is 5.88 Å². The summed E-state index contributed by atoms with van der Waals surface area (Å²) in [5.41, 5.74) is 0.529. The van der Waals surface area contributed by atoms with E-state index in [2.05, 4.69) is 15.0 Å². The van der Waals surface area contributed by atoms with Crippen LogP contribution in [-0.2, 0) is 11.3 Å². The maximum absolute atomic E-state index is 12.6. The lowest BCUT2D eigenvalue weighted by Crippen LogP contribution is -2.32. The molecule has 4 rings (SSSR count). The number of para-hydroxylation sites is 1. The Bertz CT molecular complexity index is 1110. The molecule has 1 amide bonds. The number of aryl methyl sites for hydroxylation is 1. The highest BCUT2D eigenvalue weighted by Gasteiger charge is 2.28. The van der Waals surface area contributed by atoms with Gasteiger partial charge in [-0.05, 0) is 12.1 Å². The van der Waals surface area contributed by atoms with Crippen LogP contribution >= 0.6 is 0 Å². The fourth-order valence-corrected chi connectivity index (χ4v) is 3.47. The van der Waals surface area contributed by atoms with Crippen molar-refractivity contribution >= 4 is 22.6 Å². The van der Waals surface area contributed by atoms with E-state index in [1.165, 1.54) is 10.9 Å². The van der Waals surface area contributed by atoms with Crippen LogP contribution in [0.2, 0.25) is 0 Å². The molecule has 1 saturated heterocycles. The van der Waals surface area contributed by atoms with E-state index < -0.39 is 0 Å². The van der Waals surface area contributed by atoms with Crippen LogP contribution < -0.4 is 15.2 Å². The molecule has 0 radical (unpaired) electrons. The van der Waals surface area contributed by atoms with Crippen molar-refractivity contribution in [2.75, 3.05) is 32.1 Å². The van der Waals surface area contributed by atoms with Crippen LogP contribution in [0.15, 0.2) is 47.8 Å². The highest BCUT2D eigenvalue weighted by atomic mass is 16.5. The van der Waals surface area contributed by atoms with Crippen molar-refractivity contribution in [3.8, 4) is 5.88 Å². The van der Waals surface area contributed by atoms with E-state index in [0.29, 0.717) is 42.2 Å². The number of aromatic nitrogens is 4. The minimum absolute atomic E-state index is 0.00529. The number of carbonyl (C=O) groups is 1. The van der Waals surface area contributed by atoms with Crippen LogP contribution in [-0.4, -0.2) is 63.6 Å². The predicted molar refractivity (Wildman–Crippen MR) is 113 cm³/mol. The third kappa shape index (κ3) is 4.24. The Kier molecular flexibility index (Phi) is 5.60. The van der Waals surface area contributed by atoms with Crippen molar-refractivity contribution in [3.05, 3.63) is 53.3 Å². The van der Waals surface area contributed by atoms with Gasteiger partial charge in [-0.1, -0.05) is 12.1 Å². The number of fused-ring (bicyclic) bond motifs is 1. The molecule has 30 heavy (non-hydrogen) atoms. The topological polar surface area (TPSA) is 93.5 Å². The van der Waals surface area contributed by atoms with Crippen LogP contribution in [0.25, 0.3) is 10.9 Å². The normalized spacial score (nSPS) is 16.1. The molecule has 0 bridgehead atoms. The standard InChI is InChI=1S/C21H24N6O3/c1-25(2)18-11-22-12-19(24-18)30-15-7-9-26(13-15)20(28)8-10-27-14-23-17-6-4-3-5-16(17)21(27)29/h3-6,11-12,14-15H,7-10,13H2,1-2H3. The molecular formula is C21H24N6O3. The van der Waals surface area contributed by atoms with E-state index in [1.54, 1.807) is 29.4 Å². The van der Waals surface area contributed by atoms with Crippen molar-refractivity contribution in [1.29, 1.82) is 0 Å². The predicted octanol–water partition coefficient (Wildman–Crippen LogP) is 1.32. The van der Waals surface area contributed by atoms with Gasteiger partial charge in [0.1, 0.15) is 6.10 Å². The number of ether oxygens (including phenoxy) is 1. The summed E-state index contributed by atoms with van der Waals surface area (Å²) in [5, 5.41) is 0.558. The van der Waals surface area contributed by atoms with Crippen molar-refractivity contribution in [1.82, 2.24) is 24.4 Å². The number of nitrogens with zero attached hydrogens (tertiary/aromatic N) is 6. The van der Waals surface area contributed by atoms with E-state index in [9.17, 15) is 9.59 Å². The maximum atomic E-state index is 12.6. The number of anilines is 1. The number of carbonyl (C=O) groups excluding carboxylic acids is 1. The Morgan fingerprint density at radius 2 is 2.10 bits per heavy atom. The molecule has 0 aliphatic carbocycles. The number of amides is 1. The molecule has 1 aliphatic heterocycles. The Morgan fingerprint density at radius 3 is 2.93 bits per heavy atom. The largest absolute Gasteiger partial charge is 0.471 e. The lowest BCUT2D eigenvalue weighted by atomic mass is 10.2. The van der Waals surface area contributed by atoms with Gasteiger partial charge in [-0.15, -0.1) is 0 Å². The summed E-state index contributed by atoms with van der Waals surface area (Å²) in [5.74, 6) is 1.16. The minimum atomic E-state index is -0.129. The average Bonchev–Trinajstić information content (AvgIpc) is 3.22. The van der Waals surface area contributed by atoms with Gasteiger partial charge in [-0.2, -0.15) is 4.98 Å². The molecule has 1 fully saturated rings. The Morgan fingerprint density at radius 1 is 1.27 bits per heavy atom. The second-order valence-electron chi connectivity index (χ2n) is 7.49. The van der Waals surface area contributed by atoms with Gasteiger partial charge >= 0.3 is 0 Å². The molecule has 3 heterocycles. The lowest BCUT2D eigenvalue weighted by molar-refractivity contribution is -0.130. The summed E-state index contributed by atoms with van der Waals surface area (Å²) in [4.78, 5) is 41.7. The smallest absolute Gasteiger partial charge is 0.261 e. The van der Waals surface area contributed by atoms with Crippen molar-refractivity contribution < 1.29 is 9.53 Å². The first-order valence-electron chi connectivity index (χ1n) is 9.89. The van der Waals surface area contributed by atoms with Gasteiger partial charge in [-0.25, -0.2) is 4.98 Å². The van der Waals surface area contributed by atoms with Gasteiger partial charge in [0.25, 0.3) is 5.56 Å². The van der Waals surface area contributed by atoms with E-state index in [-0.39, 0.29) is 24.0 Å². The molecule has 3 aromatic rings. The second-order valence-corrected chi connectivity index (χ2v) is 7.49. The van der Waals surface area contributed by atoms with Gasteiger partial charge in [0.05, 0.1) is 36.2 Å². The molecule has 0 saturated carbocycles. The van der Waals surface area contributed by atoms with Crippen LogP contribution in [0, 0.1) is 0 Å². The highest BCUT2D eigenvalue weighted by molar-refractivity contribution is 5.77. The molecule has 9 heteroatoms. The molecule has 9 nitrogen and oxygen atoms in total. The molecule has 1 atom stereocenters. The molecule has 0 N–H and O–H groups in total. The Hall–Kier alpha value is -3.49. The molecular weight excluding hydrogens is 384 g/mol. The summed E-state index contributed by atoms with van der Waals surface area (Å²) in [7, 11) is 3.78. The SMILES string of the molecule is CN(C)c1cncc(OC2CCN(C(=O)CCn3cnc4ccccc4c3=O)C2)n1.